The highest BCUT2D eigenvalue weighted by molar-refractivity contribution is 5.86. The lowest BCUT2D eigenvalue weighted by molar-refractivity contribution is -0.136. The fourth-order valence-corrected chi connectivity index (χ4v) is 4.19. The second kappa shape index (κ2) is 14.4. The third-order valence-electron chi connectivity index (χ3n) is 6.36. The van der Waals surface area contributed by atoms with Crippen LogP contribution in [0.25, 0.3) is 0 Å². The molecular formula is C28H46N2O6. The summed E-state index contributed by atoms with van der Waals surface area (Å²) >= 11 is 0. The standard InChI is InChI=1S/C28H46N2O6/c1-9-10-13-29-26(34)28(7,30-18-31)17-23(33)25(36-27(4,5)6)16-21(19(2)3)14-20-11-12-24(35-8)22(32)15-20/h11-12,15,19,21,23,25,32-33H,9-10,13-14,16-17H2,1-8H3,(H,29,34)/t21-,23-,25-,28+/m0/s1. The van der Waals surface area contributed by atoms with E-state index in [1.54, 1.807) is 12.1 Å². The number of phenolic OH excluding ortho intramolecular Hbond substituents is 1. The summed E-state index contributed by atoms with van der Waals surface area (Å²) in [5.41, 5.74) is -1.05. The Morgan fingerprint density at radius 1 is 1.22 bits per heavy atom. The number of nitrogens with one attached hydrogen (secondary N) is 1. The van der Waals surface area contributed by atoms with Crippen LogP contribution in [0.4, 0.5) is 0 Å². The second-order valence-corrected chi connectivity index (χ2v) is 11.1. The Balaban J connectivity index is 3.16. The monoisotopic (exact) mass is 506 g/mol. The Morgan fingerprint density at radius 2 is 1.89 bits per heavy atom. The van der Waals surface area contributed by atoms with Crippen LogP contribution >= 0.6 is 0 Å². The minimum Gasteiger partial charge on any atom is -0.504 e. The van der Waals surface area contributed by atoms with Gasteiger partial charge < -0.3 is 25.0 Å². The molecule has 1 amide bonds. The Kier molecular flexibility index (Phi) is 12.6. The number of unbranched alkanes of at least 4 members (excludes halogenated alkanes) is 1. The highest BCUT2D eigenvalue weighted by atomic mass is 16.5. The molecule has 0 aromatic heterocycles. The quantitative estimate of drug-likeness (QED) is 0.182. The van der Waals surface area contributed by atoms with Gasteiger partial charge in [-0.15, -0.1) is 0 Å². The molecule has 0 heterocycles. The molecule has 4 atom stereocenters. The van der Waals surface area contributed by atoms with Crippen molar-refractivity contribution in [3.8, 4) is 11.5 Å². The van der Waals surface area contributed by atoms with Gasteiger partial charge in [0.25, 0.3) is 0 Å². The molecule has 1 aromatic rings. The molecule has 0 fully saturated rings. The van der Waals surface area contributed by atoms with Gasteiger partial charge in [0.15, 0.2) is 17.0 Å². The summed E-state index contributed by atoms with van der Waals surface area (Å²) in [6.07, 6.45) is 2.68. The number of carbonyl (C=O) groups excluding carboxylic acids is 2. The van der Waals surface area contributed by atoms with Gasteiger partial charge in [-0.3, -0.25) is 4.79 Å². The van der Waals surface area contributed by atoms with E-state index in [1.807, 2.05) is 33.8 Å². The molecule has 0 radical (unpaired) electrons. The van der Waals surface area contributed by atoms with Crippen LogP contribution in [0.1, 0.15) is 79.7 Å². The minimum atomic E-state index is -1.45. The topological polar surface area (TPSA) is 117 Å². The van der Waals surface area contributed by atoms with E-state index in [1.165, 1.54) is 20.1 Å². The van der Waals surface area contributed by atoms with Crippen molar-refractivity contribution in [1.82, 2.24) is 5.32 Å². The zero-order valence-corrected chi connectivity index (χ0v) is 23.3. The Morgan fingerprint density at radius 3 is 2.39 bits per heavy atom. The van der Waals surface area contributed by atoms with Crippen molar-refractivity contribution in [3.05, 3.63) is 23.8 Å². The summed E-state index contributed by atoms with van der Waals surface area (Å²) in [7, 11) is 1.51. The van der Waals surface area contributed by atoms with Crippen LogP contribution in [0.5, 0.6) is 11.5 Å². The maximum absolute atomic E-state index is 12.9. The lowest BCUT2D eigenvalue weighted by Crippen LogP contribution is -2.49. The highest BCUT2D eigenvalue weighted by Gasteiger charge is 2.39. The van der Waals surface area contributed by atoms with Gasteiger partial charge in [-0.25, -0.2) is 4.79 Å². The number of aromatic hydroxyl groups is 1. The molecule has 3 N–H and O–H groups in total. The maximum Gasteiger partial charge on any atom is 0.248 e. The van der Waals surface area contributed by atoms with Crippen LogP contribution < -0.4 is 10.1 Å². The molecule has 1 aromatic carbocycles. The SMILES string of the molecule is CCCCNC(=O)[C@@](C)(C[C@H](O)[C@H](C[C@H](Cc1ccc(OC)c(O)c1)C(C)C)OC(C)(C)C)N=C=O. The summed E-state index contributed by atoms with van der Waals surface area (Å²) in [6.45, 7) is 14.0. The van der Waals surface area contributed by atoms with Gasteiger partial charge >= 0.3 is 0 Å². The lowest BCUT2D eigenvalue weighted by atomic mass is 9.81. The molecule has 0 saturated heterocycles. The van der Waals surface area contributed by atoms with E-state index in [-0.39, 0.29) is 24.0 Å². The van der Waals surface area contributed by atoms with Crippen molar-refractivity contribution in [2.45, 2.75) is 104 Å². The fourth-order valence-electron chi connectivity index (χ4n) is 4.19. The summed E-state index contributed by atoms with van der Waals surface area (Å²) in [5, 5.41) is 24.3. The molecule has 0 aliphatic rings. The molecule has 0 aliphatic carbocycles. The number of ether oxygens (including phenoxy) is 2. The fraction of sp³-hybridized carbons (Fsp3) is 0.714. The molecule has 0 saturated carbocycles. The van der Waals surface area contributed by atoms with E-state index in [2.05, 4.69) is 24.2 Å². The molecule has 0 unspecified atom stereocenters. The van der Waals surface area contributed by atoms with Gasteiger partial charge in [-0.05, 0) is 76.5 Å². The highest BCUT2D eigenvalue weighted by Crippen LogP contribution is 2.32. The largest absolute Gasteiger partial charge is 0.504 e. The van der Waals surface area contributed by atoms with Crippen molar-refractivity contribution >= 4 is 12.0 Å². The number of hydrogen-bond donors (Lipinski definition) is 3. The van der Waals surface area contributed by atoms with Crippen LogP contribution in [0.2, 0.25) is 0 Å². The van der Waals surface area contributed by atoms with E-state index in [0.29, 0.717) is 25.1 Å². The van der Waals surface area contributed by atoms with Crippen molar-refractivity contribution in [1.29, 1.82) is 0 Å². The molecule has 8 nitrogen and oxygen atoms in total. The Labute approximate surface area is 216 Å². The van der Waals surface area contributed by atoms with Gasteiger partial charge in [-0.1, -0.05) is 33.3 Å². The number of aliphatic hydroxyl groups excluding tert-OH is 1. The molecule has 0 bridgehead atoms. The third-order valence-corrected chi connectivity index (χ3v) is 6.36. The van der Waals surface area contributed by atoms with Crippen molar-refractivity contribution < 1.29 is 29.3 Å². The zero-order valence-electron chi connectivity index (χ0n) is 23.3. The van der Waals surface area contributed by atoms with Crippen molar-refractivity contribution in [2.75, 3.05) is 13.7 Å². The van der Waals surface area contributed by atoms with Gasteiger partial charge in [0, 0.05) is 13.0 Å². The number of amides is 1. The van der Waals surface area contributed by atoms with E-state index in [9.17, 15) is 19.8 Å². The van der Waals surface area contributed by atoms with Crippen LogP contribution in [0, 0.1) is 11.8 Å². The average Bonchev–Trinajstić information content (AvgIpc) is 2.77. The molecular weight excluding hydrogens is 460 g/mol. The zero-order chi connectivity index (χ0) is 27.5. The Bertz CT molecular complexity index is 875. The maximum atomic E-state index is 12.9. The van der Waals surface area contributed by atoms with Gasteiger partial charge in [0.1, 0.15) is 0 Å². The first kappa shape index (κ1) is 31.6. The van der Waals surface area contributed by atoms with E-state index in [0.717, 1.165) is 18.4 Å². The first-order valence-corrected chi connectivity index (χ1v) is 12.8. The number of rotatable bonds is 15. The number of methoxy groups -OCH3 is 1. The van der Waals surface area contributed by atoms with E-state index in [4.69, 9.17) is 9.47 Å². The molecule has 204 valence electrons. The predicted octanol–water partition coefficient (Wildman–Crippen LogP) is 4.55. The number of phenols is 1. The number of nitrogens with zero attached hydrogens (tertiary/aromatic N) is 1. The first-order valence-electron chi connectivity index (χ1n) is 12.8. The predicted molar refractivity (Wildman–Crippen MR) is 141 cm³/mol. The normalized spacial score (nSPS) is 15.9. The number of aliphatic hydroxyl groups is 1. The molecule has 36 heavy (non-hydrogen) atoms. The smallest absolute Gasteiger partial charge is 0.248 e. The summed E-state index contributed by atoms with van der Waals surface area (Å²) < 4.78 is 11.4. The second-order valence-electron chi connectivity index (χ2n) is 11.1. The van der Waals surface area contributed by atoms with Gasteiger partial charge in [-0.2, -0.15) is 4.99 Å². The minimum absolute atomic E-state index is 0.0743. The number of aliphatic imine (C=N–C) groups is 1. The van der Waals surface area contributed by atoms with Crippen LogP contribution in [-0.2, 0) is 20.7 Å². The van der Waals surface area contributed by atoms with Gasteiger partial charge in [0.2, 0.25) is 12.0 Å². The molecule has 0 spiro atoms. The average molecular weight is 507 g/mol. The van der Waals surface area contributed by atoms with Crippen molar-refractivity contribution in [2.24, 2.45) is 16.8 Å². The molecule has 0 aliphatic heterocycles. The van der Waals surface area contributed by atoms with E-state index < -0.39 is 29.3 Å². The first-order chi connectivity index (χ1) is 16.8. The van der Waals surface area contributed by atoms with Crippen LogP contribution in [0.3, 0.4) is 0 Å². The van der Waals surface area contributed by atoms with Crippen LogP contribution in [0.15, 0.2) is 23.2 Å². The van der Waals surface area contributed by atoms with E-state index >= 15 is 0 Å². The lowest BCUT2D eigenvalue weighted by Gasteiger charge is -2.36. The third kappa shape index (κ3) is 10.3. The molecule has 1 rings (SSSR count). The summed E-state index contributed by atoms with van der Waals surface area (Å²) in [4.78, 5) is 27.8. The van der Waals surface area contributed by atoms with Gasteiger partial charge in [0.05, 0.1) is 24.9 Å². The van der Waals surface area contributed by atoms with Crippen LogP contribution in [-0.4, -0.2) is 59.2 Å². The van der Waals surface area contributed by atoms with Crippen molar-refractivity contribution in [3.63, 3.8) is 0 Å². The number of isocyanates is 1. The number of hydrogen-bond acceptors (Lipinski definition) is 7. The summed E-state index contributed by atoms with van der Waals surface area (Å²) in [6, 6.07) is 5.35. The number of carbonyl (C=O) groups is 1. The Hall–Kier alpha value is -2.41. The number of benzene rings is 1. The molecule has 8 heteroatoms. The summed E-state index contributed by atoms with van der Waals surface area (Å²) in [5.74, 6) is 0.443.